The molecular formula is C26H30Cl2N6O2S. The number of likely N-dealkylation sites (N-methyl/N-ethyl adjacent to an activating group) is 1. The Kier molecular flexibility index (Phi) is 8.59. The Morgan fingerprint density at radius 2 is 2.05 bits per heavy atom. The van der Waals surface area contributed by atoms with Gasteiger partial charge in [0.25, 0.3) is 0 Å². The Morgan fingerprint density at radius 3 is 2.86 bits per heavy atom. The van der Waals surface area contributed by atoms with Crippen molar-refractivity contribution in [2.45, 2.75) is 13.0 Å². The number of amides is 1. The smallest absolute Gasteiger partial charge is 0.246 e. The first-order chi connectivity index (χ1) is 18.0. The SMILES string of the molecule is CN(C/C=C/C(=O)N1CCc2c(sc3ncnc(Nc4ccc(Cl)c(Cl)c4)c23)C1)CCN1CCOCC1. The van der Waals surface area contributed by atoms with Crippen molar-refractivity contribution in [3.05, 3.63) is 57.2 Å². The minimum atomic E-state index is 0.0462. The summed E-state index contributed by atoms with van der Waals surface area (Å²) < 4.78 is 5.41. The number of rotatable bonds is 8. The Labute approximate surface area is 230 Å². The highest BCUT2D eigenvalue weighted by Crippen LogP contribution is 2.38. The van der Waals surface area contributed by atoms with E-state index >= 15 is 0 Å². The molecule has 0 aliphatic carbocycles. The molecule has 196 valence electrons. The van der Waals surface area contributed by atoms with Gasteiger partial charge in [0.1, 0.15) is 17.0 Å². The average molecular weight is 562 g/mol. The molecule has 1 fully saturated rings. The number of aromatic nitrogens is 2. The largest absolute Gasteiger partial charge is 0.379 e. The van der Waals surface area contributed by atoms with E-state index < -0.39 is 0 Å². The van der Waals surface area contributed by atoms with Crippen LogP contribution in [-0.2, 0) is 22.5 Å². The molecular weight excluding hydrogens is 531 g/mol. The van der Waals surface area contributed by atoms with Crippen molar-refractivity contribution in [1.29, 1.82) is 0 Å². The fourth-order valence-corrected chi connectivity index (χ4v) is 6.09. The van der Waals surface area contributed by atoms with Crippen molar-refractivity contribution in [3.8, 4) is 0 Å². The zero-order chi connectivity index (χ0) is 25.8. The maximum Gasteiger partial charge on any atom is 0.246 e. The molecule has 2 aliphatic rings. The number of nitrogens with one attached hydrogen (secondary N) is 1. The summed E-state index contributed by atoms with van der Waals surface area (Å²) in [6.45, 7) is 7.60. The number of thiophene rings is 1. The molecule has 0 atom stereocenters. The summed E-state index contributed by atoms with van der Waals surface area (Å²) in [5.41, 5.74) is 2.01. The summed E-state index contributed by atoms with van der Waals surface area (Å²) in [4.78, 5) is 30.5. The van der Waals surface area contributed by atoms with Crippen LogP contribution in [0.1, 0.15) is 10.4 Å². The third-order valence-electron chi connectivity index (χ3n) is 6.71. The van der Waals surface area contributed by atoms with Crippen LogP contribution < -0.4 is 5.32 Å². The van der Waals surface area contributed by atoms with E-state index in [4.69, 9.17) is 27.9 Å². The number of hydrogen-bond donors (Lipinski definition) is 1. The molecule has 0 saturated carbocycles. The van der Waals surface area contributed by atoms with Gasteiger partial charge < -0.3 is 19.9 Å². The highest BCUT2D eigenvalue weighted by atomic mass is 35.5. The monoisotopic (exact) mass is 560 g/mol. The highest BCUT2D eigenvalue weighted by molar-refractivity contribution is 7.19. The number of carbonyl (C=O) groups excluding carboxylic acids is 1. The Balaban J connectivity index is 1.20. The van der Waals surface area contributed by atoms with E-state index in [0.717, 1.165) is 79.0 Å². The van der Waals surface area contributed by atoms with Gasteiger partial charge in [-0.3, -0.25) is 9.69 Å². The van der Waals surface area contributed by atoms with Gasteiger partial charge in [0.2, 0.25) is 5.91 Å². The van der Waals surface area contributed by atoms with Crippen LogP contribution in [0.4, 0.5) is 11.5 Å². The van der Waals surface area contributed by atoms with Crippen molar-refractivity contribution >= 4 is 62.2 Å². The standard InChI is InChI=1S/C26H30Cl2N6O2S/c1-32(9-10-33-11-13-36-14-12-33)7-2-3-23(35)34-8-6-19-22(16-34)37-26-24(19)25(29-17-30-26)31-18-4-5-20(27)21(28)15-18/h2-5,15,17H,6-14,16H2,1H3,(H,29,30,31)/b3-2+. The minimum absolute atomic E-state index is 0.0462. The lowest BCUT2D eigenvalue weighted by Gasteiger charge is -2.28. The number of nitrogens with zero attached hydrogens (tertiary/aromatic N) is 5. The maximum absolute atomic E-state index is 12.9. The highest BCUT2D eigenvalue weighted by Gasteiger charge is 2.25. The summed E-state index contributed by atoms with van der Waals surface area (Å²) in [5.74, 6) is 0.783. The second-order valence-electron chi connectivity index (χ2n) is 9.29. The molecule has 8 nitrogen and oxygen atoms in total. The summed E-state index contributed by atoms with van der Waals surface area (Å²) >= 11 is 13.9. The normalized spacial score (nSPS) is 16.6. The number of halogens is 2. The van der Waals surface area contributed by atoms with Gasteiger partial charge in [-0.05, 0) is 37.2 Å². The van der Waals surface area contributed by atoms with Gasteiger partial charge in [-0.2, -0.15) is 0 Å². The topological polar surface area (TPSA) is 73.8 Å². The molecule has 1 amide bonds. The fraction of sp³-hybridized carbons (Fsp3) is 0.423. The van der Waals surface area contributed by atoms with E-state index in [1.165, 1.54) is 5.56 Å². The third-order valence-corrected chi connectivity index (χ3v) is 8.57. The molecule has 0 spiro atoms. The van der Waals surface area contributed by atoms with Crippen molar-refractivity contribution in [2.75, 3.05) is 64.8 Å². The lowest BCUT2D eigenvalue weighted by atomic mass is 10.0. The van der Waals surface area contributed by atoms with E-state index in [1.807, 2.05) is 17.0 Å². The molecule has 1 saturated heterocycles. The van der Waals surface area contributed by atoms with E-state index in [1.54, 1.807) is 35.9 Å². The molecule has 0 bridgehead atoms. The van der Waals surface area contributed by atoms with Gasteiger partial charge in [0, 0.05) is 55.9 Å². The zero-order valence-electron chi connectivity index (χ0n) is 20.8. The molecule has 1 aromatic carbocycles. The van der Waals surface area contributed by atoms with E-state index in [2.05, 4.69) is 32.1 Å². The van der Waals surface area contributed by atoms with Gasteiger partial charge in [-0.25, -0.2) is 9.97 Å². The number of benzene rings is 1. The van der Waals surface area contributed by atoms with Crippen molar-refractivity contribution in [3.63, 3.8) is 0 Å². The van der Waals surface area contributed by atoms with Crippen LogP contribution in [0.25, 0.3) is 10.2 Å². The predicted molar refractivity (Wildman–Crippen MR) is 150 cm³/mol. The van der Waals surface area contributed by atoms with Gasteiger partial charge in [-0.15, -0.1) is 11.3 Å². The molecule has 37 heavy (non-hydrogen) atoms. The third kappa shape index (κ3) is 6.42. The molecule has 2 aliphatic heterocycles. The molecule has 5 rings (SSSR count). The fourth-order valence-electron chi connectivity index (χ4n) is 4.59. The lowest BCUT2D eigenvalue weighted by Crippen LogP contribution is -2.40. The molecule has 3 aromatic rings. The second-order valence-corrected chi connectivity index (χ2v) is 11.2. The first kappa shape index (κ1) is 26.3. The molecule has 4 heterocycles. The molecule has 0 radical (unpaired) electrons. The van der Waals surface area contributed by atoms with Crippen LogP contribution in [0.2, 0.25) is 10.0 Å². The Hall–Kier alpha value is -2.27. The molecule has 11 heteroatoms. The second kappa shape index (κ2) is 12.1. The summed E-state index contributed by atoms with van der Waals surface area (Å²) in [6, 6.07) is 5.41. The summed E-state index contributed by atoms with van der Waals surface area (Å²) in [5, 5.41) is 5.36. The Morgan fingerprint density at radius 1 is 1.22 bits per heavy atom. The van der Waals surface area contributed by atoms with E-state index in [9.17, 15) is 4.79 Å². The van der Waals surface area contributed by atoms with Crippen LogP contribution in [0.3, 0.4) is 0 Å². The van der Waals surface area contributed by atoms with Gasteiger partial charge in [-0.1, -0.05) is 29.3 Å². The van der Waals surface area contributed by atoms with E-state index in [0.29, 0.717) is 23.1 Å². The van der Waals surface area contributed by atoms with Crippen LogP contribution in [0.5, 0.6) is 0 Å². The lowest BCUT2D eigenvalue weighted by molar-refractivity contribution is -0.126. The number of fused-ring (bicyclic) bond motifs is 3. The maximum atomic E-state index is 12.9. The molecule has 1 N–H and O–H groups in total. The molecule has 2 aromatic heterocycles. The van der Waals surface area contributed by atoms with Crippen LogP contribution in [0, 0.1) is 0 Å². The van der Waals surface area contributed by atoms with Gasteiger partial charge in [0.15, 0.2) is 0 Å². The number of ether oxygens (including phenoxy) is 1. The summed E-state index contributed by atoms with van der Waals surface area (Å²) in [6.07, 6.45) is 6.00. The van der Waals surface area contributed by atoms with Crippen LogP contribution >= 0.6 is 34.5 Å². The van der Waals surface area contributed by atoms with Crippen molar-refractivity contribution < 1.29 is 9.53 Å². The first-order valence-corrected chi connectivity index (χ1v) is 14.0. The van der Waals surface area contributed by atoms with E-state index in [-0.39, 0.29) is 5.91 Å². The number of anilines is 2. The summed E-state index contributed by atoms with van der Waals surface area (Å²) in [7, 11) is 2.09. The molecule has 0 unspecified atom stereocenters. The van der Waals surface area contributed by atoms with Crippen LogP contribution in [-0.4, -0.2) is 90.1 Å². The number of hydrogen-bond acceptors (Lipinski definition) is 8. The van der Waals surface area contributed by atoms with Gasteiger partial charge in [0.05, 0.1) is 35.2 Å². The van der Waals surface area contributed by atoms with Gasteiger partial charge >= 0.3 is 0 Å². The van der Waals surface area contributed by atoms with Crippen molar-refractivity contribution in [2.24, 2.45) is 0 Å². The average Bonchev–Trinajstić information content (AvgIpc) is 3.29. The van der Waals surface area contributed by atoms with Crippen LogP contribution in [0.15, 0.2) is 36.7 Å². The minimum Gasteiger partial charge on any atom is -0.379 e. The zero-order valence-corrected chi connectivity index (χ0v) is 23.1. The first-order valence-electron chi connectivity index (χ1n) is 12.4. The van der Waals surface area contributed by atoms with Crippen molar-refractivity contribution in [1.82, 2.24) is 24.7 Å². The quantitative estimate of drug-likeness (QED) is 0.408. The predicted octanol–water partition coefficient (Wildman–Crippen LogP) is 4.45. The Bertz CT molecular complexity index is 1290. The number of carbonyl (C=O) groups is 1. The number of morpholine rings is 1.